The van der Waals surface area contributed by atoms with Gasteiger partial charge < -0.3 is 10.8 Å². The molecule has 1 aromatic heterocycles. The molecule has 0 aliphatic carbocycles. The third-order valence-corrected chi connectivity index (χ3v) is 3.15. The van der Waals surface area contributed by atoms with E-state index in [0.29, 0.717) is 11.6 Å². The van der Waals surface area contributed by atoms with Gasteiger partial charge in [0.1, 0.15) is 5.25 Å². The van der Waals surface area contributed by atoms with E-state index < -0.39 is 11.2 Å². The summed E-state index contributed by atoms with van der Waals surface area (Å²) in [6.45, 7) is 1.81. The van der Waals surface area contributed by atoms with Gasteiger partial charge in [-0.05, 0) is 6.42 Å². The van der Waals surface area contributed by atoms with Crippen molar-refractivity contribution in [2.24, 2.45) is 7.05 Å². The molecule has 1 rings (SSSR count). The highest BCUT2D eigenvalue weighted by Gasteiger charge is 2.19. The molecule has 0 amide bonds. The zero-order valence-electron chi connectivity index (χ0n) is 7.97. The van der Waals surface area contributed by atoms with E-state index in [1.807, 2.05) is 6.92 Å². The maximum Gasteiger partial charge on any atom is 0.317 e. The van der Waals surface area contributed by atoms with Crippen molar-refractivity contribution >= 4 is 23.7 Å². The molecule has 0 bridgehead atoms. The number of anilines is 1. The largest absolute Gasteiger partial charge is 0.480 e. The van der Waals surface area contributed by atoms with Crippen LogP contribution in [0.4, 0.5) is 5.95 Å². The fraction of sp³-hybridized carbons (Fsp3) is 0.571. The third-order valence-electron chi connectivity index (χ3n) is 1.76. The van der Waals surface area contributed by atoms with E-state index in [1.165, 1.54) is 0 Å². The number of nitrogens with zero attached hydrogens (tertiary/aromatic N) is 3. The van der Waals surface area contributed by atoms with E-state index in [0.717, 1.165) is 11.8 Å². The van der Waals surface area contributed by atoms with Gasteiger partial charge in [-0.15, -0.1) is 10.2 Å². The average molecular weight is 216 g/mol. The summed E-state index contributed by atoms with van der Waals surface area (Å²) in [5, 5.41) is 16.3. The molecular formula is C7H12N4O2S. The number of hydrogen-bond donors (Lipinski definition) is 2. The first-order valence-corrected chi connectivity index (χ1v) is 4.98. The van der Waals surface area contributed by atoms with Crippen LogP contribution in [-0.4, -0.2) is 31.1 Å². The molecule has 3 N–H and O–H groups in total. The van der Waals surface area contributed by atoms with Gasteiger partial charge in [-0.2, -0.15) is 0 Å². The molecule has 78 valence electrons. The van der Waals surface area contributed by atoms with Crippen LogP contribution >= 0.6 is 11.8 Å². The van der Waals surface area contributed by atoms with Gasteiger partial charge in [-0.25, -0.2) is 0 Å². The first kappa shape index (κ1) is 10.8. The standard InChI is InChI=1S/C7H12N4O2S/c1-3-4(5(12)13)14-7-10-9-6(8)11(7)2/h4H,3H2,1-2H3,(H2,8,9)(H,12,13). The van der Waals surface area contributed by atoms with Crippen molar-refractivity contribution in [1.29, 1.82) is 0 Å². The summed E-state index contributed by atoms with van der Waals surface area (Å²) >= 11 is 1.15. The number of hydrogen-bond acceptors (Lipinski definition) is 5. The van der Waals surface area contributed by atoms with Crippen molar-refractivity contribution in [1.82, 2.24) is 14.8 Å². The number of carboxylic acids is 1. The van der Waals surface area contributed by atoms with E-state index in [2.05, 4.69) is 10.2 Å². The molecule has 1 atom stereocenters. The van der Waals surface area contributed by atoms with Gasteiger partial charge in [-0.3, -0.25) is 9.36 Å². The molecule has 6 nitrogen and oxygen atoms in total. The molecule has 1 heterocycles. The summed E-state index contributed by atoms with van der Waals surface area (Å²) in [7, 11) is 1.70. The molecule has 0 saturated heterocycles. The predicted octanol–water partition coefficient (Wildman–Crippen LogP) is 0.353. The molecule has 7 heteroatoms. The Balaban J connectivity index is 2.77. The Labute approximate surface area is 85.5 Å². The van der Waals surface area contributed by atoms with Gasteiger partial charge in [0.05, 0.1) is 0 Å². The summed E-state index contributed by atoms with van der Waals surface area (Å²) in [5.74, 6) is -0.563. The number of carbonyl (C=O) groups is 1. The molecule has 1 aromatic rings. The van der Waals surface area contributed by atoms with E-state index in [4.69, 9.17) is 10.8 Å². The minimum Gasteiger partial charge on any atom is -0.480 e. The molecule has 14 heavy (non-hydrogen) atoms. The Kier molecular flexibility index (Phi) is 3.34. The molecule has 1 unspecified atom stereocenters. The highest BCUT2D eigenvalue weighted by Crippen LogP contribution is 2.24. The minimum absolute atomic E-state index is 0.285. The van der Waals surface area contributed by atoms with Crippen LogP contribution in [0.25, 0.3) is 0 Å². The van der Waals surface area contributed by atoms with Crippen molar-refractivity contribution in [2.45, 2.75) is 23.8 Å². The van der Waals surface area contributed by atoms with Crippen molar-refractivity contribution in [3.63, 3.8) is 0 Å². The Morgan fingerprint density at radius 2 is 2.36 bits per heavy atom. The predicted molar refractivity (Wildman–Crippen MR) is 53.0 cm³/mol. The number of thioether (sulfide) groups is 1. The second kappa shape index (κ2) is 4.32. The molecule has 0 fully saturated rings. The van der Waals surface area contributed by atoms with Gasteiger partial charge >= 0.3 is 5.97 Å². The van der Waals surface area contributed by atoms with E-state index in [9.17, 15) is 4.79 Å². The van der Waals surface area contributed by atoms with Gasteiger partial charge in [0.15, 0.2) is 5.16 Å². The third kappa shape index (κ3) is 2.16. The van der Waals surface area contributed by atoms with Gasteiger partial charge in [0.2, 0.25) is 5.95 Å². The highest BCUT2D eigenvalue weighted by molar-refractivity contribution is 8.00. The lowest BCUT2D eigenvalue weighted by atomic mass is 10.3. The van der Waals surface area contributed by atoms with Crippen LogP contribution < -0.4 is 5.73 Å². The smallest absolute Gasteiger partial charge is 0.317 e. The van der Waals surface area contributed by atoms with Crippen LogP contribution in [0.15, 0.2) is 5.16 Å². The Morgan fingerprint density at radius 3 is 2.71 bits per heavy atom. The van der Waals surface area contributed by atoms with Crippen LogP contribution in [0.2, 0.25) is 0 Å². The fourth-order valence-electron chi connectivity index (χ4n) is 0.864. The minimum atomic E-state index is -0.848. The molecule has 0 radical (unpaired) electrons. The van der Waals surface area contributed by atoms with Crippen LogP contribution in [-0.2, 0) is 11.8 Å². The second-order valence-corrected chi connectivity index (χ2v) is 3.92. The van der Waals surface area contributed by atoms with Crippen LogP contribution in [0.1, 0.15) is 13.3 Å². The number of aromatic nitrogens is 3. The average Bonchev–Trinajstić information content (AvgIpc) is 2.44. The topological polar surface area (TPSA) is 94.0 Å². The molecular weight excluding hydrogens is 204 g/mol. The quantitative estimate of drug-likeness (QED) is 0.705. The van der Waals surface area contributed by atoms with Gasteiger partial charge in [-0.1, -0.05) is 18.7 Å². The Bertz CT molecular complexity index is 338. The lowest BCUT2D eigenvalue weighted by molar-refractivity contribution is -0.136. The van der Waals surface area contributed by atoms with Gasteiger partial charge in [0.25, 0.3) is 0 Å². The molecule has 0 aliphatic heterocycles. The zero-order chi connectivity index (χ0) is 10.7. The summed E-state index contributed by atoms with van der Waals surface area (Å²) in [6.07, 6.45) is 0.534. The molecule has 0 aliphatic rings. The first-order chi connectivity index (χ1) is 6.56. The van der Waals surface area contributed by atoms with E-state index in [1.54, 1.807) is 11.6 Å². The first-order valence-electron chi connectivity index (χ1n) is 4.10. The molecule has 0 spiro atoms. The van der Waals surface area contributed by atoms with Crippen LogP contribution in [0.3, 0.4) is 0 Å². The Morgan fingerprint density at radius 1 is 1.71 bits per heavy atom. The van der Waals surface area contributed by atoms with E-state index >= 15 is 0 Å². The SMILES string of the molecule is CCC(Sc1nnc(N)n1C)C(=O)O. The number of rotatable bonds is 4. The fourth-order valence-corrected chi connectivity index (χ4v) is 1.73. The molecule has 0 aromatic carbocycles. The monoisotopic (exact) mass is 216 g/mol. The van der Waals surface area contributed by atoms with E-state index in [-0.39, 0.29) is 5.95 Å². The maximum absolute atomic E-state index is 10.7. The van der Waals surface area contributed by atoms with Crippen LogP contribution in [0, 0.1) is 0 Å². The number of carboxylic acid groups (broad SMARTS) is 1. The van der Waals surface area contributed by atoms with Gasteiger partial charge in [0, 0.05) is 7.05 Å². The number of aliphatic carboxylic acids is 1. The number of nitrogens with two attached hydrogens (primary N) is 1. The number of nitrogen functional groups attached to an aromatic ring is 1. The van der Waals surface area contributed by atoms with Crippen molar-refractivity contribution in [3.05, 3.63) is 0 Å². The lowest BCUT2D eigenvalue weighted by Crippen LogP contribution is -2.15. The summed E-state index contributed by atoms with van der Waals surface area (Å²) in [5.41, 5.74) is 5.46. The summed E-state index contributed by atoms with van der Waals surface area (Å²) in [6, 6.07) is 0. The Hall–Kier alpha value is -1.24. The van der Waals surface area contributed by atoms with Crippen molar-refractivity contribution in [3.8, 4) is 0 Å². The lowest BCUT2D eigenvalue weighted by Gasteiger charge is -2.07. The summed E-state index contributed by atoms with van der Waals surface area (Å²) < 4.78 is 1.57. The molecule has 0 saturated carbocycles. The summed E-state index contributed by atoms with van der Waals surface area (Å²) in [4.78, 5) is 10.7. The maximum atomic E-state index is 10.7. The van der Waals surface area contributed by atoms with Crippen molar-refractivity contribution < 1.29 is 9.90 Å². The highest BCUT2D eigenvalue weighted by atomic mass is 32.2. The van der Waals surface area contributed by atoms with Crippen LogP contribution in [0.5, 0.6) is 0 Å². The van der Waals surface area contributed by atoms with Crippen molar-refractivity contribution in [2.75, 3.05) is 5.73 Å². The normalized spacial score (nSPS) is 12.7. The zero-order valence-corrected chi connectivity index (χ0v) is 8.78. The second-order valence-electron chi connectivity index (χ2n) is 2.75.